The van der Waals surface area contributed by atoms with Crippen LogP contribution >= 0.6 is 0 Å². The van der Waals surface area contributed by atoms with Crippen molar-refractivity contribution in [1.82, 2.24) is 15.0 Å². The van der Waals surface area contributed by atoms with Crippen molar-refractivity contribution in [3.63, 3.8) is 0 Å². The van der Waals surface area contributed by atoms with E-state index in [1.165, 1.54) is 60.0 Å². The summed E-state index contributed by atoms with van der Waals surface area (Å²) in [7, 11) is 0. The van der Waals surface area contributed by atoms with Crippen molar-refractivity contribution in [2.75, 3.05) is 0 Å². The lowest BCUT2D eigenvalue weighted by Crippen LogP contribution is -2.01. The van der Waals surface area contributed by atoms with Crippen molar-refractivity contribution in [1.29, 1.82) is 0 Å². The van der Waals surface area contributed by atoms with Gasteiger partial charge in [-0.3, -0.25) is 0 Å². The summed E-state index contributed by atoms with van der Waals surface area (Å²) < 4.78 is 0. The Labute approximate surface area is 336 Å². The minimum atomic E-state index is 0.631. The summed E-state index contributed by atoms with van der Waals surface area (Å²) in [5.74, 6) is 1.90. The van der Waals surface area contributed by atoms with E-state index >= 15 is 0 Å². The van der Waals surface area contributed by atoms with Crippen LogP contribution in [0.15, 0.2) is 212 Å². The van der Waals surface area contributed by atoms with E-state index in [1.807, 2.05) is 0 Å². The van der Waals surface area contributed by atoms with E-state index in [0.29, 0.717) is 17.5 Å². The fourth-order valence-electron chi connectivity index (χ4n) is 8.33. The molecule has 0 atom stereocenters. The molecule has 0 saturated carbocycles. The maximum Gasteiger partial charge on any atom is 0.164 e. The summed E-state index contributed by atoms with van der Waals surface area (Å²) >= 11 is 0. The molecular weight excluding hydrogens is 703 g/mol. The minimum absolute atomic E-state index is 0.631. The van der Waals surface area contributed by atoms with Gasteiger partial charge < -0.3 is 0 Å². The van der Waals surface area contributed by atoms with Crippen LogP contribution in [0.3, 0.4) is 0 Å². The van der Waals surface area contributed by atoms with E-state index in [4.69, 9.17) is 15.0 Å². The van der Waals surface area contributed by atoms with Crippen LogP contribution in [0.25, 0.3) is 111 Å². The van der Waals surface area contributed by atoms with Gasteiger partial charge in [0.1, 0.15) is 0 Å². The van der Waals surface area contributed by atoms with Gasteiger partial charge in [0, 0.05) is 16.7 Å². The quantitative estimate of drug-likeness (QED) is 0.160. The Hall–Kier alpha value is -7.75. The molecule has 0 aliphatic heterocycles. The molecule has 0 amide bonds. The molecule has 0 aliphatic rings. The standard InChI is InChI=1S/C55H35N3/c1-2-11-36(12-3-1)42-28-29-44-34-45(32-30-43(44)33-42)53-56-54(46-31-27-41-26-21-38-14-5-7-18-50(38)52(41)35-46)58-55(57-53)51-19-9-8-17-49(51)40-24-22-39(23-25-40)48-20-10-15-37-13-4-6-16-47(37)48/h1-35H. The van der Waals surface area contributed by atoms with Gasteiger partial charge in [0.05, 0.1) is 0 Å². The number of benzene rings is 10. The number of hydrogen-bond acceptors (Lipinski definition) is 3. The second-order valence-corrected chi connectivity index (χ2v) is 14.8. The zero-order valence-corrected chi connectivity index (χ0v) is 31.5. The number of aromatic nitrogens is 3. The summed E-state index contributed by atoms with van der Waals surface area (Å²) in [6, 6.07) is 75.4. The Morgan fingerprint density at radius 2 is 0.655 bits per heavy atom. The Morgan fingerprint density at radius 1 is 0.207 bits per heavy atom. The topological polar surface area (TPSA) is 38.7 Å². The molecule has 0 aliphatic carbocycles. The third kappa shape index (κ3) is 6.07. The molecule has 1 aromatic heterocycles. The van der Waals surface area contributed by atoms with Crippen molar-refractivity contribution in [2.45, 2.75) is 0 Å². The summed E-state index contributed by atoms with van der Waals surface area (Å²) in [5, 5.41) is 9.54. The third-order valence-corrected chi connectivity index (χ3v) is 11.3. The van der Waals surface area contributed by atoms with E-state index in [-0.39, 0.29) is 0 Å². The number of fused-ring (bicyclic) bond motifs is 5. The fourth-order valence-corrected chi connectivity index (χ4v) is 8.33. The lowest BCUT2D eigenvalue weighted by atomic mass is 9.94. The predicted octanol–water partition coefficient (Wildman–Crippen LogP) is 14.5. The monoisotopic (exact) mass is 737 g/mol. The molecule has 0 N–H and O–H groups in total. The molecule has 3 heteroatoms. The van der Waals surface area contributed by atoms with Crippen molar-refractivity contribution in [3.8, 4) is 67.5 Å². The van der Waals surface area contributed by atoms with Crippen LogP contribution in [0, 0.1) is 0 Å². The van der Waals surface area contributed by atoms with E-state index in [0.717, 1.165) is 33.2 Å². The van der Waals surface area contributed by atoms with Crippen LogP contribution in [0.1, 0.15) is 0 Å². The largest absolute Gasteiger partial charge is 0.208 e. The van der Waals surface area contributed by atoms with Crippen LogP contribution in [-0.2, 0) is 0 Å². The fraction of sp³-hybridized carbons (Fsp3) is 0. The molecule has 11 aromatic rings. The first-order valence-corrected chi connectivity index (χ1v) is 19.7. The van der Waals surface area contributed by atoms with Crippen LogP contribution in [0.4, 0.5) is 0 Å². The Kier molecular flexibility index (Phi) is 8.15. The molecule has 1 heterocycles. The molecule has 270 valence electrons. The Morgan fingerprint density at radius 3 is 1.40 bits per heavy atom. The number of rotatable bonds is 6. The van der Waals surface area contributed by atoms with E-state index in [1.54, 1.807) is 0 Å². The second kappa shape index (κ2) is 14.1. The summed E-state index contributed by atoms with van der Waals surface area (Å²) in [5.41, 5.74) is 9.78. The second-order valence-electron chi connectivity index (χ2n) is 14.8. The number of hydrogen-bond donors (Lipinski definition) is 0. The third-order valence-electron chi connectivity index (χ3n) is 11.3. The zero-order chi connectivity index (χ0) is 38.4. The predicted molar refractivity (Wildman–Crippen MR) is 242 cm³/mol. The zero-order valence-electron chi connectivity index (χ0n) is 31.5. The average Bonchev–Trinajstić information content (AvgIpc) is 3.31. The van der Waals surface area contributed by atoms with Gasteiger partial charge in [0.2, 0.25) is 0 Å². The van der Waals surface area contributed by atoms with Crippen molar-refractivity contribution in [2.24, 2.45) is 0 Å². The molecule has 0 bridgehead atoms. The van der Waals surface area contributed by atoms with E-state index < -0.39 is 0 Å². The van der Waals surface area contributed by atoms with Gasteiger partial charge in [-0.15, -0.1) is 0 Å². The molecular formula is C55H35N3. The maximum absolute atomic E-state index is 5.26. The highest BCUT2D eigenvalue weighted by Gasteiger charge is 2.17. The smallest absolute Gasteiger partial charge is 0.164 e. The number of nitrogens with zero attached hydrogens (tertiary/aromatic N) is 3. The highest BCUT2D eigenvalue weighted by atomic mass is 15.0. The van der Waals surface area contributed by atoms with Gasteiger partial charge in [-0.1, -0.05) is 194 Å². The summed E-state index contributed by atoms with van der Waals surface area (Å²) in [6.45, 7) is 0. The van der Waals surface area contributed by atoms with Crippen molar-refractivity contribution < 1.29 is 0 Å². The first-order chi connectivity index (χ1) is 28.7. The van der Waals surface area contributed by atoms with E-state index in [2.05, 4.69) is 212 Å². The highest BCUT2D eigenvalue weighted by molar-refractivity contribution is 6.08. The SMILES string of the molecule is c1ccc(-c2ccc3cc(-c4nc(-c5ccc6ccc7ccccc7c6c5)nc(-c5ccccc5-c5ccc(-c6cccc7ccccc67)cc5)n4)ccc3c2)cc1. The van der Waals surface area contributed by atoms with Crippen molar-refractivity contribution in [3.05, 3.63) is 212 Å². The summed E-state index contributed by atoms with van der Waals surface area (Å²) in [6.07, 6.45) is 0. The molecule has 10 aromatic carbocycles. The summed E-state index contributed by atoms with van der Waals surface area (Å²) in [4.78, 5) is 15.7. The normalized spacial score (nSPS) is 11.4. The molecule has 0 fully saturated rings. The van der Waals surface area contributed by atoms with Crippen LogP contribution in [0.2, 0.25) is 0 Å². The van der Waals surface area contributed by atoms with Gasteiger partial charge in [0.25, 0.3) is 0 Å². The molecule has 11 rings (SSSR count). The molecule has 0 unspecified atom stereocenters. The van der Waals surface area contributed by atoms with Crippen LogP contribution in [0.5, 0.6) is 0 Å². The van der Waals surface area contributed by atoms with Gasteiger partial charge in [-0.25, -0.2) is 15.0 Å². The molecule has 0 spiro atoms. The Bertz CT molecular complexity index is 3330. The molecule has 58 heavy (non-hydrogen) atoms. The molecule has 0 radical (unpaired) electrons. The maximum atomic E-state index is 5.26. The average molecular weight is 738 g/mol. The van der Waals surface area contributed by atoms with Gasteiger partial charge in [0.15, 0.2) is 17.5 Å². The van der Waals surface area contributed by atoms with Crippen molar-refractivity contribution >= 4 is 43.1 Å². The Balaban J connectivity index is 1.05. The first kappa shape index (κ1) is 33.6. The molecule has 0 saturated heterocycles. The lowest BCUT2D eigenvalue weighted by Gasteiger charge is -2.14. The van der Waals surface area contributed by atoms with Gasteiger partial charge in [-0.05, 0) is 94.7 Å². The van der Waals surface area contributed by atoms with E-state index in [9.17, 15) is 0 Å². The van der Waals surface area contributed by atoms with Gasteiger partial charge in [-0.2, -0.15) is 0 Å². The van der Waals surface area contributed by atoms with Crippen LogP contribution < -0.4 is 0 Å². The highest BCUT2D eigenvalue weighted by Crippen LogP contribution is 2.37. The van der Waals surface area contributed by atoms with Gasteiger partial charge >= 0.3 is 0 Å². The van der Waals surface area contributed by atoms with Crippen LogP contribution in [-0.4, -0.2) is 15.0 Å². The lowest BCUT2D eigenvalue weighted by molar-refractivity contribution is 1.08. The molecule has 3 nitrogen and oxygen atoms in total. The first-order valence-electron chi connectivity index (χ1n) is 19.7. The minimum Gasteiger partial charge on any atom is -0.208 e.